The molecule has 0 spiro atoms. The third-order valence-electron chi connectivity index (χ3n) is 5.91. The van der Waals surface area contributed by atoms with Crippen LogP contribution < -0.4 is 15.8 Å². The minimum Gasteiger partial charge on any atom is -0.490 e. The molecule has 0 radical (unpaired) electrons. The minimum absolute atomic E-state index is 0.191. The van der Waals surface area contributed by atoms with Crippen molar-refractivity contribution in [3.8, 4) is 28.5 Å². The van der Waals surface area contributed by atoms with Gasteiger partial charge in [0.1, 0.15) is 11.0 Å². The van der Waals surface area contributed by atoms with Crippen LogP contribution in [-0.2, 0) is 13.1 Å². The summed E-state index contributed by atoms with van der Waals surface area (Å²) in [5, 5.41) is 11.2. The predicted octanol–water partition coefficient (Wildman–Crippen LogP) is 3.40. The molecule has 0 saturated carbocycles. The van der Waals surface area contributed by atoms with Crippen LogP contribution in [-0.4, -0.2) is 54.1 Å². The summed E-state index contributed by atoms with van der Waals surface area (Å²) in [7, 11) is 0. The molecular weight excluding hydrogens is 458 g/mol. The maximum atomic E-state index is 6.21. The van der Waals surface area contributed by atoms with Crippen LogP contribution in [0.25, 0.3) is 33.8 Å². The Kier molecular flexibility index (Phi) is 7.17. The number of nitrogens with zero attached hydrogens (tertiary/aromatic N) is 7. The van der Waals surface area contributed by atoms with Crippen molar-refractivity contribution < 1.29 is 9.37 Å². The monoisotopic (exact) mass is 487 g/mol. The predicted molar refractivity (Wildman–Crippen MR) is 136 cm³/mol. The summed E-state index contributed by atoms with van der Waals surface area (Å²) in [6, 6.07) is 9.95. The summed E-state index contributed by atoms with van der Waals surface area (Å²) < 4.78 is 15.2. The normalized spacial score (nSPS) is 11.4. The number of nitrogens with one attached hydrogen (secondary N) is 1. The molecule has 5 rings (SSSR count). The van der Waals surface area contributed by atoms with Crippen LogP contribution in [0.2, 0.25) is 0 Å². The molecule has 0 amide bonds. The summed E-state index contributed by atoms with van der Waals surface area (Å²) in [5.74, 6) is 1.43. The molecule has 11 nitrogen and oxygen atoms in total. The SMILES string of the molecule is CCn1c(-c2nonc2N)nc2c(-c3ccccc3)ncc(OCCCNCCCn3ccnc3)c21. The highest BCUT2D eigenvalue weighted by Gasteiger charge is 2.23. The molecule has 0 atom stereocenters. The number of aromatic nitrogens is 7. The fourth-order valence-corrected chi connectivity index (χ4v) is 4.18. The molecule has 4 heterocycles. The number of nitrogens with two attached hydrogens (primary N) is 1. The van der Waals surface area contributed by atoms with Crippen molar-refractivity contribution in [1.29, 1.82) is 0 Å². The van der Waals surface area contributed by atoms with Crippen molar-refractivity contribution in [3.63, 3.8) is 0 Å². The highest BCUT2D eigenvalue weighted by molar-refractivity contribution is 5.95. The Hall–Kier alpha value is -4.25. The highest BCUT2D eigenvalue weighted by Crippen LogP contribution is 2.36. The highest BCUT2D eigenvalue weighted by atomic mass is 16.6. The Bertz CT molecular complexity index is 1390. The van der Waals surface area contributed by atoms with Crippen molar-refractivity contribution in [3.05, 3.63) is 55.2 Å². The number of hydrogen-bond acceptors (Lipinski definition) is 9. The summed E-state index contributed by atoms with van der Waals surface area (Å²) >= 11 is 0. The number of ether oxygens (including phenoxy) is 1. The number of hydrogen-bond donors (Lipinski definition) is 2. The number of rotatable bonds is 12. The first-order valence-corrected chi connectivity index (χ1v) is 12.1. The van der Waals surface area contributed by atoms with Crippen LogP contribution in [0.3, 0.4) is 0 Å². The van der Waals surface area contributed by atoms with E-state index in [2.05, 4.69) is 25.2 Å². The van der Waals surface area contributed by atoms with Crippen LogP contribution >= 0.6 is 0 Å². The molecule has 186 valence electrons. The van der Waals surface area contributed by atoms with E-state index in [1.54, 1.807) is 12.4 Å². The zero-order valence-corrected chi connectivity index (χ0v) is 20.2. The quantitative estimate of drug-likeness (QED) is 0.254. The Balaban J connectivity index is 1.33. The molecule has 0 bridgehead atoms. The largest absolute Gasteiger partial charge is 0.490 e. The van der Waals surface area contributed by atoms with E-state index in [1.165, 1.54) is 0 Å². The molecule has 0 aliphatic carbocycles. The zero-order valence-electron chi connectivity index (χ0n) is 20.2. The molecule has 1 aromatic carbocycles. The van der Waals surface area contributed by atoms with E-state index in [-0.39, 0.29) is 5.82 Å². The smallest absolute Gasteiger partial charge is 0.199 e. The topological polar surface area (TPSA) is 135 Å². The van der Waals surface area contributed by atoms with Gasteiger partial charge in [0.2, 0.25) is 0 Å². The van der Waals surface area contributed by atoms with Crippen LogP contribution in [0, 0.1) is 0 Å². The molecule has 0 saturated heterocycles. The van der Waals surface area contributed by atoms with Crippen LogP contribution in [0.5, 0.6) is 5.75 Å². The molecule has 36 heavy (non-hydrogen) atoms. The summed E-state index contributed by atoms with van der Waals surface area (Å²) in [6.07, 6.45) is 9.29. The van der Waals surface area contributed by atoms with Gasteiger partial charge in [0, 0.05) is 31.0 Å². The average molecular weight is 488 g/mol. The Morgan fingerprint density at radius 2 is 1.94 bits per heavy atom. The number of fused-ring (bicyclic) bond motifs is 1. The van der Waals surface area contributed by atoms with Crippen molar-refractivity contribution in [2.45, 2.75) is 32.9 Å². The number of pyridine rings is 1. The fraction of sp³-hybridized carbons (Fsp3) is 0.320. The second-order valence-corrected chi connectivity index (χ2v) is 8.32. The first-order valence-electron chi connectivity index (χ1n) is 12.1. The standard InChI is InChI=1S/C25H29N9O2/c1-2-34-23-19(35-15-7-11-27-10-6-13-33-14-12-28-17-33)16-29-20(18-8-4-3-5-9-18)21(23)30-25(34)22-24(26)32-36-31-22/h3-5,8-9,12,14,16-17,27H,2,6-7,10-11,13,15H2,1H3,(H2,26,32). The van der Waals surface area contributed by atoms with Crippen molar-refractivity contribution in [2.75, 3.05) is 25.4 Å². The van der Waals surface area contributed by atoms with Gasteiger partial charge in [0.05, 0.1) is 24.8 Å². The molecule has 0 aliphatic heterocycles. The van der Waals surface area contributed by atoms with Gasteiger partial charge in [-0.25, -0.2) is 19.6 Å². The maximum Gasteiger partial charge on any atom is 0.199 e. The molecule has 5 aromatic rings. The van der Waals surface area contributed by atoms with Gasteiger partial charge in [0.25, 0.3) is 0 Å². The van der Waals surface area contributed by atoms with Gasteiger partial charge in [-0.15, -0.1) is 0 Å². The molecule has 0 aliphatic rings. The second-order valence-electron chi connectivity index (χ2n) is 8.32. The van der Waals surface area contributed by atoms with Crippen LogP contribution in [0.4, 0.5) is 5.82 Å². The van der Waals surface area contributed by atoms with E-state index in [0.717, 1.165) is 54.8 Å². The number of anilines is 1. The zero-order chi connectivity index (χ0) is 24.7. The third-order valence-corrected chi connectivity index (χ3v) is 5.91. The van der Waals surface area contributed by atoms with Gasteiger partial charge in [-0.05, 0) is 43.2 Å². The minimum atomic E-state index is 0.191. The van der Waals surface area contributed by atoms with Gasteiger partial charge in [-0.3, -0.25) is 0 Å². The molecule has 0 fully saturated rings. The van der Waals surface area contributed by atoms with E-state index in [9.17, 15) is 0 Å². The van der Waals surface area contributed by atoms with Crippen molar-refractivity contribution in [2.24, 2.45) is 0 Å². The lowest BCUT2D eigenvalue weighted by atomic mass is 10.1. The first-order chi connectivity index (χ1) is 17.8. The van der Waals surface area contributed by atoms with Crippen molar-refractivity contribution in [1.82, 2.24) is 39.7 Å². The Labute approximate surface area is 208 Å². The van der Waals surface area contributed by atoms with Gasteiger partial charge >= 0.3 is 0 Å². The summed E-state index contributed by atoms with van der Waals surface area (Å²) in [5.41, 5.74) is 9.70. The van der Waals surface area contributed by atoms with Crippen LogP contribution in [0.1, 0.15) is 19.8 Å². The molecule has 3 N–H and O–H groups in total. The molecule has 4 aromatic heterocycles. The molecular formula is C25H29N9O2. The lowest BCUT2D eigenvalue weighted by Gasteiger charge is -2.12. The Morgan fingerprint density at radius 1 is 1.08 bits per heavy atom. The Morgan fingerprint density at radius 3 is 2.69 bits per heavy atom. The summed E-state index contributed by atoms with van der Waals surface area (Å²) in [6.45, 7) is 5.97. The third kappa shape index (κ3) is 4.91. The van der Waals surface area contributed by atoms with E-state index >= 15 is 0 Å². The number of nitrogen functional groups attached to an aromatic ring is 1. The first kappa shape index (κ1) is 23.5. The van der Waals surface area contributed by atoms with Gasteiger partial charge in [-0.2, -0.15) is 0 Å². The second kappa shape index (κ2) is 11.0. The van der Waals surface area contributed by atoms with Crippen LogP contribution in [0.15, 0.2) is 59.9 Å². The summed E-state index contributed by atoms with van der Waals surface area (Å²) in [4.78, 5) is 13.7. The fourth-order valence-electron chi connectivity index (χ4n) is 4.18. The molecule has 11 heteroatoms. The number of aryl methyl sites for hydroxylation is 2. The van der Waals surface area contributed by atoms with Gasteiger partial charge < -0.3 is 24.9 Å². The average Bonchev–Trinajstić information content (AvgIpc) is 3.66. The lowest BCUT2D eigenvalue weighted by Crippen LogP contribution is -2.20. The van der Waals surface area contributed by atoms with E-state index < -0.39 is 0 Å². The maximum absolute atomic E-state index is 6.21. The molecule has 0 unspecified atom stereocenters. The van der Waals surface area contributed by atoms with Gasteiger partial charge in [-0.1, -0.05) is 30.3 Å². The number of imidazole rings is 2. The van der Waals surface area contributed by atoms with Crippen molar-refractivity contribution >= 4 is 16.9 Å². The van der Waals surface area contributed by atoms with E-state index in [4.69, 9.17) is 25.1 Å². The number of benzene rings is 1. The van der Waals surface area contributed by atoms with E-state index in [0.29, 0.717) is 30.4 Å². The van der Waals surface area contributed by atoms with E-state index in [1.807, 2.05) is 54.3 Å². The lowest BCUT2D eigenvalue weighted by molar-refractivity contribution is 0.308. The van der Waals surface area contributed by atoms with Gasteiger partial charge in [0.15, 0.2) is 23.1 Å².